The highest BCUT2D eigenvalue weighted by molar-refractivity contribution is 7.22. The smallest absolute Gasteiger partial charge is 0.181 e. The molecule has 1 aliphatic carbocycles. The van der Waals surface area contributed by atoms with Crippen LogP contribution < -0.4 is 11.5 Å². The lowest BCUT2D eigenvalue weighted by Gasteiger charge is -2.13. The van der Waals surface area contributed by atoms with Gasteiger partial charge < -0.3 is 11.5 Å². The zero-order valence-corrected chi connectivity index (χ0v) is 10.1. The molecule has 0 saturated heterocycles. The Balaban J connectivity index is 2.20. The van der Waals surface area contributed by atoms with Crippen LogP contribution >= 0.6 is 11.3 Å². The van der Waals surface area contributed by atoms with E-state index >= 15 is 0 Å². The zero-order valence-electron chi connectivity index (χ0n) is 9.23. The van der Waals surface area contributed by atoms with Crippen LogP contribution in [0.25, 0.3) is 10.2 Å². The molecule has 2 unspecified atom stereocenters. The molecular weight excluding hydrogens is 218 g/mol. The van der Waals surface area contributed by atoms with E-state index in [0.29, 0.717) is 11.0 Å². The van der Waals surface area contributed by atoms with Gasteiger partial charge in [-0.3, -0.25) is 0 Å². The predicted octanol–water partition coefficient (Wildman–Crippen LogP) is 2.26. The monoisotopic (exact) mass is 233 g/mol. The SMILES string of the molecule is CCC1c2cc3sc(N)nc3cc2CC1N. The van der Waals surface area contributed by atoms with Crippen LogP contribution in [0, 0.1) is 0 Å². The lowest BCUT2D eigenvalue weighted by molar-refractivity contribution is 0.559. The van der Waals surface area contributed by atoms with E-state index in [1.807, 2.05) is 0 Å². The van der Waals surface area contributed by atoms with E-state index in [0.717, 1.165) is 18.4 Å². The molecule has 0 amide bonds. The summed E-state index contributed by atoms with van der Waals surface area (Å²) in [5.41, 5.74) is 15.7. The molecule has 0 spiro atoms. The maximum Gasteiger partial charge on any atom is 0.181 e. The second kappa shape index (κ2) is 3.43. The molecule has 4 heteroatoms. The molecule has 3 nitrogen and oxygen atoms in total. The molecule has 0 bridgehead atoms. The van der Waals surface area contributed by atoms with E-state index in [1.54, 1.807) is 11.3 Å². The quantitative estimate of drug-likeness (QED) is 0.794. The van der Waals surface area contributed by atoms with E-state index in [9.17, 15) is 0 Å². The first kappa shape index (κ1) is 10.1. The maximum atomic E-state index is 6.16. The van der Waals surface area contributed by atoms with Gasteiger partial charge in [-0.15, -0.1) is 0 Å². The molecule has 0 aliphatic heterocycles. The first-order chi connectivity index (χ1) is 7.69. The van der Waals surface area contributed by atoms with Crippen LogP contribution in [0.5, 0.6) is 0 Å². The molecular formula is C12H15N3S. The van der Waals surface area contributed by atoms with Crippen LogP contribution in [0.3, 0.4) is 0 Å². The zero-order chi connectivity index (χ0) is 11.3. The van der Waals surface area contributed by atoms with E-state index in [2.05, 4.69) is 24.0 Å². The highest BCUT2D eigenvalue weighted by Crippen LogP contribution is 2.38. The topological polar surface area (TPSA) is 64.9 Å². The van der Waals surface area contributed by atoms with Gasteiger partial charge in [0, 0.05) is 6.04 Å². The number of fused-ring (bicyclic) bond motifs is 2. The van der Waals surface area contributed by atoms with Crippen molar-refractivity contribution in [2.75, 3.05) is 5.73 Å². The lowest BCUT2D eigenvalue weighted by atomic mass is 9.96. The Hall–Kier alpha value is -1.13. The molecule has 16 heavy (non-hydrogen) atoms. The largest absolute Gasteiger partial charge is 0.375 e. The van der Waals surface area contributed by atoms with Gasteiger partial charge in [0.25, 0.3) is 0 Å². The summed E-state index contributed by atoms with van der Waals surface area (Å²) in [5.74, 6) is 0.503. The molecule has 84 valence electrons. The summed E-state index contributed by atoms with van der Waals surface area (Å²) in [4.78, 5) is 4.32. The van der Waals surface area contributed by atoms with Crippen LogP contribution in [0.1, 0.15) is 30.4 Å². The number of aromatic nitrogens is 1. The van der Waals surface area contributed by atoms with Crippen molar-refractivity contribution in [2.45, 2.75) is 31.7 Å². The molecule has 4 N–H and O–H groups in total. The molecule has 1 aromatic heterocycles. The minimum Gasteiger partial charge on any atom is -0.375 e. The second-order valence-electron chi connectivity index (χ2n) is 4.45. The molecule has 1 heterocycles. The first-order valence-electron chi connectivity index (χ1n) is 5.63. The third-order valence-corrected chi connectivity index (χ3v) is 4.33. The van der Waals surface area contributed by atoms with Crippen LogP contribution in [0.4, 0.5) is 5.13 Å². The van der Waals surface area contributed by atoms with Gasteiger partial charge in [0.15, 0.2) is 5.13 Å². The van der Waals surface area contributed by atoms with Crippen molar-refractivity contribution in [2.24, 2.45) is 5.73 Å². The number of hydrogen-bond acceptors (Lipinski definition) is 4. The van der Waals surface area contributed by atoms with E-state index in [4.69, 9.17) is 11.5 Å². The number of rotatable bonds is 1. The summed E-state index contributed by atoms with van der Waals surface area (Å²) in [6.45, 7) is 2.20. The number of thiazole rings is 1. The number of nitrogens with two attached hydrogens (primary N) is 2. The number of nitrogens with zero attached hydrogens (tertiary/aromatic N) is 1. The van der Waals surface area contributed by atoms with Gasteiger partial charge in [-0.25, -0.2) is 4.98 Å². The van der Waals surface area contributed by atoms with Gasteiger partial charge in [0.1, 0.15) is 0 Å². The van der Waals surface area contributed by atoms with Gasteiger partial charge in [0.05, 0.1) is 10.2 Å². The summed E-state index contributed by atoms with van der Waals surface area (Å²) in [5, 5.41) is 0.649. The van der Waals surface area contributed by atoms with Gasteiger partial charge in [0.2, 0.25) is 0 Å². The normalized spacial score (nSPS) is 23.9. The van der Waals surface area contributed by atoms with Crippen LogP contribution in [-0.4, -0.2) is 11.0 Å². The van der Waals surface area contributed by atoms with Gasteiger partial charge in [-0.2, -0.15) is 0 Å². The number of anilines is 1. The standard InChI is InChI=1S/C12H15N3S/c1-2-7-8-5-11-10(15-12(14)16-11)4-6(8)3-9(7)13/h4-5,7,9H,2-3,13H2,1H3,(H2,14,15). The molecule has 2 aromatic rings. The van der Waals surface area contributed by atoms with Crippen LogP contribution in [0.2, 0.25) is 0 Å². The molecule has 3 rings (SSSR count). The van der Waals surface area contributed by atoms with Crippen molar-refractivity contribution >= 4 is 26.7 Å². The van der Waals surface area contributed by atoms with Crippen molar-refractivity contribution in [3.05, 3.63) is 23.3 Å². The fraction of sp³-hybridized carbons (Fsp3) is 0.417. The van der Waals surface area contributed by atoms with E-state index in [-0.39, 0.29) is 6.04 Å². The van der Waals surface area contributed by atoms with Gasteiger partial charge in [-0.05, 0) is 42.0 Å². The van der Waals surface area contributed by atoms with E-state index < -0.39 is 0 Å². The van der Waals surface area contributed by atoms with Crippen molar-refractivity contribution in [1.29, 1.82) is 0 Å². The Morgan fingerprint density at radius 2 is 2.31 bits per heavy atom. The average molecular weight is 233 g/mol. The van der Waals surface area contributed by atoms with Crippen molar-refractivity contribution in [1.82, 2.24) is 4.98 Å². The summed E-state index contributed by atoms with van der Waals surface area (Å²) >= 11 is 1.56. The molecule has 1 aromatic carbocycles. The summed E-state index contributed by atoms with van der Waals surface area (Å²) in [7, 11) is 0. The fourth-order valence-corrected chi connectivity index (χ4v) is 3.49. The van der Waals surface area contributed by atoms with Gasteiger partial charge in [-0.1, -0.05) is 18.3 Å². The summed E-state index contributed by atoms with van der Waals surface area (Å²) in [6, 6.07) is 4.67. The van der Waals surface area contributed by atoms with Crippen molar-refractivity contribution in [3.63, 3.8) is 0 Å². The molecule has 0 saturated carbocycles. The Bertz CT molecular complexity index is 546. The maximum absolute atomic E-state index is 6.16. The lowest BCUT2D eigenvalue weighted by Crippen LogP contribution is -2.24. The summed E-state index contributed by atoms with van der Waals surface area (Å²) < 4.78 is 1.18. The Labute approximate surface area is 98.5 Å². The molecule has 2 atom stereocenters. The number of benzene rings is 1. The van der Waals surface area contributed by atoms with Crippen LogP contribution in [0.15, 0.2) is 12.1 Å². The highest BCUT2D eigenvalue weighted by atomic mass is 32.1. The third kappa shape index (κ3) is 1.33. The Morgan fingerprint density at radius 1 is 1.50 bits per heavy atom. The minimum absolute atomic E-state index is 0.272. The second-order valence-corrected chi connectivity index (χ2v) is 5.52. The van der Waals surface area contributed by atoms with Crippen molar-refractivity contribution in [3.8, 4) is 0 Å². The van der Waals surface area contributed by atoms with Crippen LogP contribution in [-0.2, 0) is 6.42 Å². The highest BCUT2D eigenvalue weighted by Gasteiger charge is 2.29. The van der Waals surface area contributed by atoms with E-state index in [1.165, 1.54) is 15.8 Å². The fourth-order valence-electron chi connectivity index (χ4n) is 2.72. The Kier molecular flexibility index (Phi) is 2.16. The number of hydrogen-bond donors (Lipinski definition) is 2. The number of nitrogen functional groups attached to an aromatic ring is 1. The Morgan fingerprint density at radius 3 is 3.06 bits per heavy atom. The molecule has 0 fully saturated rings. The van der Waals surface area contributed by atoms with Gasteiger partial charge >= 0.3 is 0 Å². The molecule has 1 aliphatic rings. The predicted molar refractivity (Wildman–Crippen MR) is 68.7 cm³/mol. The first-order valence-corrected chi connectivity index (χ1v) is 6.45. The minimum atomic E-state index is 0.272. The molecule has 0 radical (unpaired) electrons. The summed E-state index contributed by atoms with van der Waals surface area (Å²) in [6.07, 6.45) is 2.08. The average Bonchev–Trinajstić information content (AvgIpc) is 2.71. The van der Waals surface area contributed by atoms with Crippen molar-refractivity contribution < 1.29 is 0 Å². The third-order valence-electron chi connectivity index (χ3n) is 3.48.